The van der Waals surface area contributed by atoms with Crippen LogP contribution >= 0.6 is 15.9 Å². The van der Waals surface area contributed by atoms with Crippen LogP contribution < -0.4 is 21.5 Å². The highest BCUT2D eigenvalue weighted by molar-refractivity contribution is 9.10. The van der Waals surface area contributed by atoms with Crippen molar-refractivity contribution in [2.75, 3.05) is 0 Å². The number of hydrogen-bond acceptors (Lipinski definition) is 5. The molecule has 1 aliphatic rings. The molecule has 1 N–H and O–H groups in total. The third-order valence-corrected chi connectivity index (χ3v) is 5.39. The first-order valence-corrected chi connectivity index (χ1v) is 9.49. The summed E-state index contributed by atoms with van der Waals surface area (Å²) < 4.78 is 8.92. The molecule has 8 nitrogen and oxygen atoms in total. The van der Waals surface area contributed by atoms with E-state index in [1.165, 1.54) is 18.7 Å². The smallest absolute Gasteiger partial charge is 0.333 e. The van der Waals surface area contributed by atoms with Gasteiger partial charge in [0.1, 0.15) is 5.82 Å². The molecule has 1 atom stereocenters. The number of ether oxygens (including phenoxy) is 1. The largest absolute Gasteiger partial charge is 0.421 e. The second kappa shape index (κ2) is 6.59. The lowest BCUT2D eigenvalue weighted by molar-refractivity contribution is 0.376. The minimum absolute atomic E-state index is 0.103. The highest BCUT2D eigenvalue weighted by Crippen LogP contribution is 2.42. The van der Waals surface area contributed by atoms with E-state index in [0.717, 1.165) is 9.04 Å². The maximum atomic E-state index is 13.0. The van der Waals surface area contributed by atoms with Gasteiger partial charge in [-0.05, 0) is 17.7 Å². The van der Waals surface area contributed by atoms with Gasteiger partial charge in [0.05, 0.1) is 17.0 Å². The van der Waals surface area contributed by atoms with Crippen LogP contribution in [0.25, 0.3) is 0 Å². The number of aromatic amines is 1. The number of aryl methyl sites for hydroxylation is 1. The van der Waals surface area contributed by atoms with Crippen LogP contribution in [-0.2, 0) is 20.5 Å². The van der Waals surface area contributed by atoms with E-state index in [1.807, 2.05) is 31.2 Å². The Morgan fingerprint density at radius 2 is 1.93 bits per heavy atom. The van der Waals surface area contributed by atoms with E-state index in [2.05, 4.69) is 25.9 Å². The van der Waals surface area contributed by atoms with E-state index < -0.39 is 17.2 Å². The van der Waals surface area contributed by atoms with Crippen molar-refractivity contribution in [1.82, 2.24) is 19.1 Å². The molecule has 2 aromatic heterocycles. The van der Waals surface area contributed by atoms with Gasteiger partial charge in [0, 0.05) is 25.0 Å². The van der Waals surface area contributed by atoms with E-state index in [0.29, 0.717) is 17.8 Å². The molecule has 0 saturated heterocycles. The monoisotopic (exact) mass is 444 g/mol. The molecule has 0 fully saturated rings. The first-order valence-electron chi connectivity index (χ1n) is 8.69. The van der Waals surface area contributed by atoms with Crippen LogP contribution in [0, 0.1) is 0 Å². The summed E-state index contributed by atoms with van der Waals surface area (Å²) in [5.41, 5.74) is -0.195. The van der Waals surface area contributed by atoms with Gasteiger partial charge in [-0.1, -0.05) is 35.0 Å². The van der Waals surface area contributed by atoms with Crippen molar-refractivity contribution in [2.24, 2.45) is 14.1 Å². The Bertz CT molecular complexity index is 1290. The number of benzene rings is 1. The highest BCUT2D eigenvalue weighted by Gasteiger charge is 2.37. The van der Waals surface area contributed by atoms with Gasteiger partial charge in [0.25, 0.3) is 11.1 Å². The Kier molecular flexibility index (Phi) is 4.34. The zero-order chi connectivity index (χ0) is 20.2. The summed E-state index contributed by atoms with van der Waals surface area (Å²) in [7, 11) is 2.93. The molecule has 28 heavy (non-hydrogen) atoms. The third-order valence-electron chi connectivity index (χ3n) is 4.90. The minimum Gasteiger partial charge on any atom is -0.421 e. The molecule has 0 saturated carbocycles. The molecule has 0 bridgehead atoms. The van der Waals surface area contributed by atoms with Crippen molar-refractivity contribution in [2.45, 2.75) is 19.3 Å². The summed E-state index contributed by atoms with van der Waals surface area (Å²) in [5, 5.41) is 0. The fraction of sp³-hybridized carbons (Fsp3) is 0.263. The molecular weight excluding hydrogens is 428 g/mol. The van der Waals surface area contributed by atoms with Crippen LogP contribution in [0.2, 0.25) is 0 Å². The molecule has 1 unspecified atom stereocenters. The lowest BCUT2D eigenvalue weighted by Crippen LogP contribution is -2.42. The zero-order valence-corrected chi connectivity index (χ0v) is 17.0. The van der Waals surface area contributed by atoms with Crippen LogP contribution in [0.15, 0.2) is 43.1 Å². The highest BCUT2D eigenvalue weighted by atomic mass is 79.9. The fourth-order valence-corrected chi connectivity index (χ4v) is 3.90. The van der Waals surface area contributed by atoms with Crippen molar-refractivity contribution < 1.29 is 4.74 Å². The average Bonchev–Trinajstić information content (AvgIpc) is 2.69. The van der Waals surface area contributed by atoms with Crippen molar-refractivity contribution in [3.63, 3.8) is 0 Å². The van der Waals surface area contributed by atoms with E-state index in [1.54, 1.807) is 0 Å². The summed E-state index contributed by atoms with van der Waals surface area (Å²) >= 11 is 3.44. The number of aromatic nitrogens is 4. The third kappa shape index (κ3) is 2.65. The first kappa shape index (κ1) is 18.4. The SMILES string of the molecule is CCc1nc2c(c(=O)[nH]1)C(c1cccc(Br)c1)c1c(n(C)c(=O)n(C)c1=O)O2. The summed E-state index contributed by atoms with van der Waals surface area (Å²) in [4.78, 5) is 45.5. The summed E-state index contributed by atoms with van der Waals surface area (Å²) in [5.74, 6) is -0.0370. The van der Waals surface area contributed by atoms with Crippen molar-refractivity contribution >= 4 is 15.9 Å². The van der Waals surface area contributed by atoms with Gasteiger partial charge in [-0.2, -0.15) is 4.98 Å². The number of nitrogens with zero attached hydrogens (tertiary/aromatic N) is 3. The van der Waals surface area contributed by atoms with Gasteiger partial charge in [-0.15, -0.1) is 0 Å². The number of halogens is 1. The van der Waals surface area contributed by atoms with Crippen LogP contribution in [0.5, 0.6) is 11.8 Å². The van der Waals surface area contributed by atoms with Gasteiger partial charge >= 0.3 is 5.69 Å². The van der Waals surface area contributed by atoms with Crippen LogP contribution in [0.3, 0.4) is 0 Å². The predicted octanol–water partition coefficient (Wildman–Crippen LogP) is 1.78. The Morgan fingerprint density at radius 1 is 1.18 bits per heavy atom. The Labute approximate surface area is 167 Å². The number of H-pyrrole nitrogens is 1. The summed E-state index contributed by atoms with van der Waals surface area (Å²) in [6.45, 7) is 1.86. The lowest BCUT2D eigenvalue weighted by atomic mass is 9.85. The second-order valence-electron chi connectivity index (χ2n) is 6.60. The number of fused-ring (bicyclic) bond motifs is 2. The first-order chi connectivity index (χ1) is 13.3. The molecule has 144 valence electrons. The van der Waals surface area contributed by atoms with Gasteiger partial charge < -0.3 is 9.72 Å². The molecule has 1 aromatic carbocycles. The predicted molar refractivity (Wildman–Crippen MR) is 106 cm³/mol. The zero-order valence-electron chi connectivity index (χ0n) is 15.4. The molecule has 0 spiro atoms. The molecule has 0 amide bonds. The van der Waals surface area contributed by atoms with E-state index >= 15 is 0 Å². The molecule has 9 heteroatoms. The van der Waals surface area contributed by atoms with Gasteiger partial charge in [-0.25, -0.2) is 4.79 Å². The summed E-state index contributed by atoms with van der Waals surface area (Å²) in [6, 6.07) is 7.34. The normalized spacial score (nSPS) is 14.9. The minimum atomic E-state index is -0.719. The second-order valence-corrected chi connectivity index (χ2v) is 7.52. The fourth-order valence-electron chi connectivity index (χ4n) is 3.48. The van der Waals surface area contributed by atoms with E-state index in [9.17, 15) is 14.4 Å². The molecule has 3 aromatic rings. The molecule has 1 aliphatic heterocycles. The molecule has 0 aliphatic carbocycles. The molecule has 3 heterocycles. The maximum absolute atomic E-state index is 13.0. The van der Waals surface area contributed by atoms with Crippen LogP contribution in [-0.4, -0.2) is 19.1 Å². The summed E-state index contributed by atoms with van der Waals surface area (Å²) in [6.07, 6.45) is 0.510. The standard InChI is InChI=1S/C19H17BrN4O4/c1-4-11-21-15(25)13-12(9-6-5-7-10(20)8-9)14-17(26)23(2)19(27)24(3)18(14)28-16(13)22-11/h5-8,12H,4H2,1-3H3,(H,21,22,25). The van der Waals surface area contributed by atoms with Gasteiger partial charge in [-0.3, -0.25) is 18.7 Å². The average molecular weight is 445 g/mol. The Hall–Kier alpha value is -2.94. The van der Waals surface area contributed by atoms with Crippen molar-refractivity contribution in [3.05, 3.63) is 82.4 Å². The molecule has 4 rings (SSSR count). The van der Waals surface area contributed by atoms with Crippen molar-refractivity contribution in [3.8, 4) is 11.8 Å². The van der Waals surface area contributed by atoms with E-state index in [4.69, 9.17) is 4.74 Å². The van der Waals surface area contributed by atoms with E-state index in [-0.39, 0.29) is 28.4 Å². The maximum Gasteiger partial charge on any atom is 0.333 e. The number of nitrogens with one attached hydrogen (secondary N) is 1. The molecular formula is C19H17BrN4O4. The van der Waals surface area contributed by atoms with Crippen LogP contribution in [0.4, 0.5) is 0 Å². The van der Waals surface area contributed by atoms with Crippen LogP contribution in [0.1, 0.15) is 35.4 Å². The van der Waals surface area contributed by atoms with Crippen molar-refractivity contribution in [1.29, 1.82) is 0 Å². The Morgan fingerprint density at radius 3 is 2.61 bits per heavy atom. The Balaban J connectivity index is 2.15. The topological polar surface area (TPSA) is 99.0 Å². The lowest BCUT2D eigenvalue weighted by Gasteiger charge is -2.28. The number of hydrogen-bond donors (Lipinski definition) is 1. The van der Waals surface area contributed by atoms with Gasteiger partial charge in [0.15, 0.2) is 0 Å². The van der Waals surface area contributed by atoms with Gasteiger partial charge in [0.2, 0.25) is 11.8 Å². The number of rotatable bonds is 2. The quantitative estimate of drug-likeness (QED) is 0.507. The molecule has 0 radical (unpaired) electrons.